The third-order valence-corrected chi connectivity index (χ3v) is 5.03. The molecule has 0 aromatic carbocycles. The van der Waals surface area contributed by atoms with Gasteiger partial charge in [0.1, 0.15) is 0 Å². The van der Waals surface area contributed by atoms with Crippen molar-refractivity contribution in [2.75, 3.05) is 37.5 Å². The van der Waals surface area contributed by atoms with Gasteiger partial charge in [-0.2, -0.15) is 0 Å². The average Bonchev–Trinajstić information content (AvgIpc) is 2.45. The molecule has 0 spiro atoms. The summed E-state index contributed by atoms with van der Waals surface area (Å²) in [5.74, 6) is 0.945. The number of alkyl halides is 3. The summed E-state index contributed by atoms with van der Waals surface area (Å²) < 4.78 is 33.6. The van der Waals surface area contributed by atoms with Crippen LogP contribution < -0.4 is 0 Å². The van der Waals surface area contributed by atoms with E-state index in [4.69, 9.17) is 53.1 Å². The number of phosphoric acid groups is 1. The van der Waals surface area contributed by atoms with Crippen molar-refractivity contribution >= 4 is 42.6 Å². The van der Waals surface area contributed by atoms with Crippen LogP contribution in [0.5, 0.6) is 0 Å². The van der Waals surface area contributed by atoms with Gasteiger partial charge in [-0.15, -0.1) is 34.8 Å². The van der Waals surface area contributed by atoms with Gasteiger partial charge < -0.3 is 4.74 Å². The van der Waals surface area contributed by atoms with E-state index in [0.29, 0.717) is 25.5 Å². The van der Waals surface area contributed by atoms with E-state index >= 15 is 0 Å². The van der Waals surface area contributed by atoms with E-state index < -0.39 is 20.0 Å². The lowest BCUT2D eigenvalue weighted by Crippen LogP contribution is -2.16. The van der Waals surface area contributed by atoms with E-state index in [2.05, 4.69) is 0 Å². The molecule has 0 saturated carbocycles. The second-order valence-electron chi connectivity index (χ2n) is 4.43. The zero-order valence-electron chi connectivity index (χ0n) is 12.4. The van der Waals surface area contributed by atoms with Gasteiger partial charge in [0.05, 0.1) is 18.8 Å². The first-order valence-electron chi connectivity index (χ1n) is 6.84. The highest BCUT2D eigenvalue weighted by molar-refractivity contribution is 7.48. The Morgan fingerprint density at radius 2 is 1.43 bits per heavy atom. The number of ether oxygens (including phenoxy) is 1. The van der Waals surface area contributed by atoms with Crippen molar-refractivity contribution in [3.8, 4) is 0 Å². The maximum atomic E-state index is 12.4. The minimum Gasteiger partial charge on any atom is -0.381 e. The second kappa shape index (κ2) is 13.4. The standard InChI is InChI=1S/C12H24Cl3O5P/c1-11(9-14)19-21(16,20-12(2)10-15)18-8-4-7-17-6-3-5-13/h11-12H,3-10H2,1-2H3. The monoisotopic (exact) mass is 384 g/mol. The molecule has 21 heavy (non-hydrogen) atoms. The van der Waals surface area contributed by atoms with Crippen molar-refractivity contribution in [1.29, 1.82) is 0 Å². The predicted molar refractivity (Wildman–Crippen MR) is 86.9 cm³/mol. The van der Waals surface area contributed by atoms with Gasteiger partial charge in [-0.3, -0.25) is 13.6 Å². The van der Waals surface area contributed by atoms with Gasteiger partial charge in [-0.05, 0) is 26.7 Å². The molecule has 0 heterocycles. The van der Waals surface area contributed by atoms with Gasteiger partial charge in [-0.25, -0.2) is 4.57 Å². The highest BCUT2D eigenvalue weighted by Crippen LogP contribution is 2.51. The second-order valence-corrected chi connectivity index (χ2v) is 7.00. The molecule has 0 amide bonds. The van der Waals surface area contributed by atoms with Crippen molar-refractivity contribution < 1.29 is 22.9 Å². The zero-order valence-corrected chi connectivity index (χ0v) is 15.6. The van der Waals surface area contributed by atoms with Crippen molar-refractivity contribution in [2.45, 2.75) is 38.9 Å². The quantitative estimate of drug-likeness (QED) is 0.251. The maximum Gasteiger partial charge on any atom is 0.475 e. The normalized spacial score (nSPS) is 17.4. The van der Waals surface area contributed by atoms with Crippen LogP contribution in [0, 0.1) is 0 Å². The van der Waals surface area contributed by atoms with Crippen molar-refractivity contribution in [2.24, 2.45) is 0 Å². The topological polar surface area (TPSA) is 54.0 Å². The molecule has 9 heteroatoms. The molecule has 0 aromatic heterocycles. The Morgan fingerprint density at radius 3 is 1.90 bits per heavy atom. The molecule has 0 bridgehead atoms. The van der Waals surface area contributed by atoms with E-state index in [1.54, 1.807) is 13.8 Å². The molecule has 128 valence electrons. The zero-order chi connectivity index (χ0) is 16.1. The molecule has 0 aromatic rings. The minimum atomic E-state index is -3.67. The molecule has 0 aliphatic rings. The van der Waals surface area contributed by atoms with Crippen LogP contribution >= 0.6 is 42.6 Å². The fraction of sp³-hybridized carbons (Fsp3) is 1.00. The van der Waals surface area contributed by atoms with E-state index in [1.165, 1.54) is 0 Å². The first kappa shape index (κ1) is 21.9. The number of hydrogen-bond acceptors (Lipinski definition) is 5. The number of hydrogen-bond donors (Lipinski definition) is 0. The Balaban J connectivity index is 4.12. The van der Waals surface area contributed by atoms with E-state index in [0.717, 1.165) is 6.42 Å². The average molecular weight is 386 g/mol. The predicted octanol–water partition coefficient (Wildman–Crippen LogP) is 4.43. The van der Waals surface area contributed by atoms with Crippen molar-refractivity contribution in [3.05, 3.63) is 0 Å². The molecule has 0 saturated heterocycles. The Bertz CT molecular complexity index is 280. The van der Waals surface area contributed by atoms with Gasteiger partial charge in [-0.1, -0.05) is 0 Å². The molecule has 5 nitrogen and oxygen atoms in total. The van der Waals surface area contributed by atoms with Gasteiger partial charge in [0.25, 0.3) is 0 Å². The van der Waals surface area contributed by atoms with Crippen LogP contribution in [0.15, 0.2) is 0 Å². The Labute approximate surface area is 142 Å². The van der Waals surface area contributed by atoms with Crippen LogP contribution in [0.2, 0.25) is 0 Å². The number of halogens is 3. The Kier molecular flexibility index (Phi) is 14.0. The number of rotatable bonds is 14. The molecule has 0 rings (SSSR count). The molecular formula is C12H24Cl3O5P. The third kappa shape index (κ3) is 12.1. The molecule has 0 aliphatic heterocycles. The summed E-state index contributed by atoms with van der Waals surface area (Å²) in [5.41, 5.74) is 0. The number of phosphoric ester groups is 1. The van der Waals surface area contributed by atoms with Crippen LogP contribution in [0.1, 0.15) is 26.7 Å². The molecule has 0 aliphatic carbocycles. The summed E-state index contributed by atoms with van der Waals surface area (Å²) in [7, 11) is -3.67. The largest absolute Gasteiger partial charge is 0.475 e. The van der Waals surface area contributed by atoms with Crippen LogP contribution in [-0.4, -0.2) is 49.7 Å². The summed E-state index contributed by atoms with van der Waals surface area (Å²) in [6.07, 6.45) is 0.483. The first-order valence-corrected chi connectivity index (χ1v) is 9.90. The Morgan fingerprint density at radius 1 is 0.905 bits per heavy atom. The van der Waals surface area contributed by atoms with Gasteiger partial charge in [0.15, 0.2) is 0 Å². The van der Waals surface area contributed by atoms with Crippen LogP contribution in [0.3, 0.4) is 0 Å². The van der Waals surface area contributed by atoms with Crippen LogP contribution in [0.4, 0.5) is 0 Å². The van der Waals surface area contributed by atoms with Crippen molar-refractivity contribution in [3.63, 3.8) is 0 Å². The van der Waals surface area contributed by atoms with E-state index in [-0.39, 0.29) is 18.4 Å². The molecular weight excluding hydrogens is 361 g/mol. The van der Waals surface area contributed by atoms with E-state index in [9.17, 15) is 4.57 Å². The summed E-state index contributed by atoms with van der Waals surface area (Å²) in [5, 5.41) is 0. The summed E-state index contributed by atoms with van der Waals surface area (Å²) in [4.78, 5) is 0. The summed E-state index contributed by atoms with van der Waals surface area (Å²) in [6.45, 7) is 4.66. The van der Waals surface area contributed by atoms with Gasteiger partial charge in [0.2, 0.25) is 0 Å². The lowest BCUT2D eigenvalue weighted by Gasteiger charge is -2.23. The highest BCUT2D eigenvalue weighted by Gasteiger charge is 2.31. The van der Waals surface area contributed by atoms with E-state index in [1.807, 2.05) is 0 Å². The Hall–Kier alpha value is 0.940. The highest BCUT2D eigenvalue weighted by atomic mass is 35.5. The third-order valence-electron chi connectivity index (χ3n) is 2.16. The lowest BCUT2D eigenvalue weighted by atomic mass is 10.5. The van der Waals surface area contributed by atoms with Gasteiger partial charge >= 0.3 is 7.82 Å². The van der Waals surface area contributed by atoms with Crippen LogP contribution in [-0.2, 0) is 22.9 Å². The van der Waals surface area contributed by atoms with Crippen LogP contribution in [0.25, 0.3) is 0 Å². The molecule has 0 N–H and O–H groups in total. The first-order chi connectivity index (χ1) is 9.97. The smallest absolute Gasteiger partial charge is 0.381 e. The molecule has 0 radical (unpaired) electrons. The SMILES string of the molecule is CC(CCl)OP(=O)(OCCCOCCCCl)OC(C)CCl. The molecule has 2 unspecified atom stereocenters. The summed E-state index contributed by atoms with van der Waals surface area (Å²) in [6, 6.07) is 0. The lowest BCUT2D eigenvalue weighted by molar-refractivity contribution is 0.0638. The molecule has 2 atom stereocenters. The fourth-order valence-electron chi connectivity index (χ4n) is 1.18. The minimum absolute atomic E-state index is 0.188. The summed E-state index contributed by atoms with van der Waals surface area (Å²) >= 11 is 16.8. The molecule has 0 fully saturated rings. The van der Waals surface area contributed by atoms with Crippen molar-refractivity contribution in [1.82, 2.24) is 0 Å². The fourth-order valence-corrected chi connectivity index (χ4v) is 3.14. The maximum absolute atomic E-state index is 12.4. The van der Waals surface area contributed by atoms with Gasteiger partial charge in [0, 0.05) is 30.9 Å².